The molecule has 1 aliphatic rings. The minimum atomic E-state index is -0.328. The van der Waals surface area contributed by atoms with E-state index in [1.165, 1.54) is 6.33 Å². The van der Waals surface area contributed by atoms with Crippen molar-refractivity contribution in [1.29, 1.82) is 0 Å². The van der Waals surface area contributed by atoms with E-state index in [0.29, 0.717) is 15.7 Å². The molecule has 0 bridgehead atoms. The lowest BCUT2D eigenvalue weighted by atomic mass is 10.2. The van der Waals surface area contributed by atoms with Gasteiger partial charge in [-0.3, -0.25) is 9.48 Å². The van der Waals surface area contributed by atoms with Gasteiger partial charge in [0.1, 0.15) is 18.2 Å². The van der Waals surface area contributed by atoms with Crippen molar-refractivity contribution in [3.8, 4) is 0 Å². The molecule has 3 aromatic rings. The molecule has 0 radical (unpaired) electrons. The Labute approximate surface area is 159 Å². The Bertz CT molecular complexity index is 968. The van der Waals surface area contributed by atoms with Crippen LogP contribution in [0.2, 0.25) is 10.0 Å². The number of anilines is 2. The van der Waals surface area contributed by atoms with Crippen molar-refractivity contribution in [3.05, 3.63) is 40.8 Å². The Morgan fingerprint density at radius 2 is 2.00 bits per heavy atom. The molecule has 7 nitrogen and oxygen atoms in total. The van der Waals surface area contributed by atoms with Gasteiger partial charge < -0.3 is 10.2 Å². The maximum absolute atomic E-state index is 12.9. The van der Waals surface area contributed by atoms with Crippen LogP contribution in [0.3, 0.4) is 0 Å². The molecular formula is C17H16Cl2N6O. The summed E-state index contributed by atoms with van der Waals surface area (Å²) in [6, 6.07) is 4.65. The molecule has 1 aromatic carbocycles. The Morgan fingerprint density at radius 3 is 2.77 bits per heavy atom. The van der Waals surface area contributed by atoms with Crippen LogP contribution in [0.25, 0.3) is 11.0 Å². The average molecular weight is 391 g/mol. The number of hydrogen-bond donors (Lipinski definition) is 1. The van der Waals surface area contributed by atoms with Crippen molar-refractivity contribution in [2.24, 2.45) is 7.05 Å². The number of fused-ring (bicyclic) bond motifs is 1. The van der Waals surface area contributed by atoms with Crippen LogP contribution in [0.1, 0.15) is 12.8 Å². The van der Waals surface area contributed by atoms with Crippen LogP contribution in [0.15, 0.2) is 30.7 Å². The molecule has 4 rings (SSSR count). The Balaban J connectivity index is 1.62. The molecule has 134 valence electrons. The van der Waals surface area contributed by atoms with Crippen molar-refractivity contribution in [2.75, 3.05) is 16.8 Å². The van der Waals surface area contributed by atoms with Crippen LogP contribution in [-0.2, 0) is 11.8 Å². The highest BCUT2D eigenvalue weighted by Crippen LogP contribution is 2.30. The third-order valence-electron chi connectivity index (χ3n) is 4.47. The Hall–Kier alpha value is -2.38. The fraction of sp³-hybridized carbons (Fsp3) is 0.294. The summed E-state index contributed by atoms with van der Waals surface area (Å²) >= 11 is 12.0. The van der Waals surface area contributed by atoms with Crippen molar-refractivity contribution in [1.82, 2.24) is 19.7 Å². The Kier molecular flexibility index (Phi) is 4.42. The lowest BCUT2D eigenvalue weighted by molar-refractivity contribution is -0.117. The molecule has 9 heteroatoms. The van der Waals surface area contributed by atoms with Gasteiger partial charge in [-0.15, -0.1) is 0 Å². The molecule has 1 N–H and O–H groups in total. The van der Waals surface area contributed by atoms with E-state index in [4.69, 9.17) is 23.2 Å². The molecule has 1 fully saturated rings. The standard InChI is InChI=1S/C17H16Cl2N6O/c1-24-15-13(8-22-24)16(21-9-20-15)25-4-2-3-14(25)17(26)23-12-6-10(18)5-11(19)7-12/h5-9,14H,2-4H2,1H3,(H,23,26). The van der Waals surface area contributed by atoms with E-state index in [9.17, 15) is 4.79 Å². The molecule has 1 unspecified atom stereocenters. The fourth-order valence-electron chi connectivity index (χ4n) is 3.32. The highest BCUT2D eigenvalue weighted by atomic mass is 35.5. The van der Waals surface area contributed by atoms with E-state index in [-0.39, 0.29) is 11.9 Å². The fourth-order valence-corrected chi connectivity index (χ4v) is 3.85. The first-order chi connectivity index (χ1) is 12.5. The van der Waals surface area contributed by atoms with E-state index in [2.05, 4.69) is 20.4 Å². The number of amides is 1. The smallest absolute Gasteiger partial charge is 0.247 e. The zero-order valence-corrected chi connectivity index (χ0v) is 15.5. The largest absolute Gasteiger partial charge is 0.344 e. The quantitative estimate of drug-likeness (QED) is 0.742. The number of rotatable bonds is 3. The number of hydrogen-bond acceptors (Lipinski definition) is 5. The van der Waals surface area contributed by atoms with Crippen LogP contribution in [0, 0.1) is 0 Å². The maximum Gasteiger partial charge on any atom is 0.247 e. The van der Waals surface area contributed by atoms with Gasteiger partial charge in [-0.05, 0) is 31.0 Å². The topological polar surface area (TPSA) is 75.9 Å². The molecule has 1 amide bonds. The first-order valence-corrected chi connectivity index (χ1v) is 8.95. The molecule has 1 saturated heterocycles. The van der Waals surface area contributed by atoms with E-state index < -0.39 is 0 Å². The van der Waals surface area contributed by atoms with E-state index >= 15 is 0 Å². The molecule has 2 aromatic heterocycles. The number of aryl methyl sites for hydroxylation is 1. The van der Waals surface area contributed by atoms with Crippen molar-refractivity contribution in [3.63, 3.8) is 0 Å². The zero-order valence-electron chi connectivity index (χ0n) is 14.0. The first kappa shape index (κ1) is 17.1. The van der Waals surface area contributed by atoms with Gasteiger partial charge in [0, 0.05) is 29.3 Å². The van der Waals surface area contributed by atoms with Gasteiger partial charge in [0.05, 0.1) is 11.6 Å². The number of aromatic nitrogens is 4. The van der Waals surface area contributed by atoms with Gasteiger partial charge in [-0.2, -0.15) is 5.10 Å². The van der Waals surface area contributed by atoms with Crippen LogP contribution in [0.4, 0.5) is 11.5 Å². The summed E-state index contributed by atoms with van der Waals surface area (Å²) in [6.45, 7) is 0.745. The molecule has 1 aliphatic heterocycles. The van der Waals surface area contributed by atoms with Crippen LogP contribution in [0.5, 0.6) is 0 Å². The number of nitrogens with one attached hydrogen (secondary N) is 1. The van der Waals surface area contributed by atoms with E-state index in [0.717, 1.165) is 36.2 Å². The zero-order chi connectivity index (χ0) is 18.3. The summed E-state index contributed by atoms with van der Waals surface area (Å²) < 4.78 is 1.69. The minimum absolute atomic E-state index is 0.114. The van der Waals surface area contributed by atoms with E-state index in [1.807, 2.05) is 11.9 Å². The normalized spacial score (nSPS) is 17.0. The average Bonchev–Trinajstić information content (AvgIpc) is 3.21. The molecule has 1 atom stereocenters. The molecule has 26 heavy (non-hydrogen) atoms. The second-order valence-corrected chi connectivity index (χ2v) is 7.07. The minimum Gasteiger partial charge on any atom is -0.344 e. The molecular weight excluding hydrogens is 375 g/mol. The number of nitrogens with zero attached hydrogens (tertiary/aromatic N) is 5. The van der Waals surface area contributed by atoms with Crippen molar-refractivity contribution in [2.45, 2.75) is 18.9 Å². The van der Waals surface area contributed by atoms with Gasteiger partial charge >= 0.3 is 0 Å². The predicted molar refractivity (Wildman–Crippen MR) is 102 cm³/mol. The summed E-state index contributed by atoms with van der Waals surface area (Å²) in [5.41, 5.74) is 1.32. The second-order valence-electron chi connectivity index (χ2n) is 6.20. The molecule has 0 aliphatic carbocycles. The summed E-state index contributed by atoms with van der Waals surface area (Å²) in [5.74, 6) is 0.612. The predicted octanol–water partition coefficient (Wildman–Crippen LogP) is 3.28. The van der Waals surface area contributed by atoms with Gasteiger partial charge in [-0.1, -0.05) is 23.2 Å². The molecule has 0 saturated carbocycles. The number of carbonyl (C=O) groups excluding carboxylic acids is 1. The molecule has 3 heterocycles. The summed E-state index contributed by atoms with van der Waals surface area (Å²) in [6.07, 6.45) is 4.88. The monoisotopic (exact) mass is 390 g/mol. The SMILES string of the molecule is Cn1ncc2c(N3CCCC3C(=O)Nc3cc(Cl)cc(Cl)c3)ncnc21. The van der Waals surface area contributed by atoms with Crippen LogP contribution in [-0.4, -0.2) is 38.2 Å². The third-order valence-corrected chi connectivity index (χ3v) is 4.90. The summed E-state index contributed by atoms with van der Waals surface area (Å²) in [7, 11) is 1.83. The van der Waals surface area contributed by atoms with Crippen LogP contribution < -0.4 is 10.2 Å². The lowest BCUT2D eigenvalue weighted by Gasteiger charge is -2.25. The van der Waals surface area contributed by atoms with Crippen LogP contribution >= 0.6 is 23.2 Å². The number of benzene rings is 1. The van der Waals surface area contributed by atoms with Gasteiger partial charge in [0.15, 0.2) is 5.65 Å². The number of halogens is 2. The van der Waals surface area contributed by atoms with Gasteiger partial charge in [0.2, 0.25) is 5.91 Å². The third kappa shape index (κ3) is 3.08. The summed E-state index contributed by atoms with van der Waals surface area (Å²) in [4.78, 5) is 23.5. The highest BCUT2D eigenvalue weighted by molar-refractivity contribution is 6.35. The highest BCUT2D eigenvalue weighted by Gasteiger charge is 2.33. The van der Waals surface area contributed by atoms with E-state index in [1.54, 1.807) is 29.1 Å². The Morgan fingerprint density at radius 1 is 1.23 bits per heavy atom. The second kappa shape index (κ2) is 6.74. The van der Waals surface area contributed by atoms with Crippen molar-refractivity contribution >= 4 is 51.6 Å². The first-order valence-electron chi connectivity index (χ1n) is 8.19. The van der Waals surface area contributed by atoms with Gasteiger partial charge in [-0.25, -0.2) is 9.97 Å². The summed E-state index contributed by atoms with van der Waals surface area (Å²) in [5, 5.41) is 8.93. The number of carbonyl (C=O) groups is 1. The molecule has 0 spiro atoms. The van der Waals surface area contributed by atoms with Gasteiger partial charge in [0.25, 0.3) is 0 Å². The van der Waals surface area contributed by atoms with Crippen molar-refractivity contribution < 1.29 is 4.79 Å². The lowest BCUT2D eigenvalue weighted by Crippen LogP contribution is -2.40. The maximum atomic E-state index is 12.9.